The Hall–Kier alpha value is -0.750. The van der Waals surface area contributed by atoms with Gasteiger partial charge in [-0.25, -0.2) is 10.8 Å². The van der Waals surface area contributed by atoms with E-state index in [9.17, 15) is 0 Å². The first-order valence-electron chi connectivity index (χ1n) is 5.76. The van der Waals surface area contributed by atoms with Crippen LogP contribution in [0.4, 0.5) is 11.6 Å². The number of nitrogens with one attached hydrogen (secondary N) is 1. The van der Waals surface area contributed by atoms with Crippen molar-refractivity contribution in [2.75, 3.05) is 30.5 Å². The average Bonchev–Trinajstić information content (AvgIpc) is 2.39. The monoisotopic (exact) mass is 290 g/mol. The van der Waals surface area contributed by atoms with E-state index in [0.717, 1.165) is 25.9 Å². The van der Waals surface area contributed by atoms with Crippen molar-refractivity contribution in [3.05, 3.63) is 16.1 Å². The summed E-state index contributed by atoms with van der Waals surface area (Å²) in [5.41, 5.74) is 2.47. The van der Waals surface area contributed by atoms with Crippen molar-refractivity contribution in [1.82, 2.24) is 4.98 Å². The largest absolute Gasteiger partial charge is 0.380 e. The molecule has 1 saturated heterocycles. The van der Waals surface area contributed by atoms with Crippen molar-refractivity contribution in [2.45, 2.75) is 18.9 Å². The fourth-order valence-electron chi connectivity index (χ4n) is 2.10. The molecule has 0 saturated carbocycles. The van der Waals surface area contributed by atoms with E-state index in [-0.39, 0.29) is 6.10 Å². The number of halogens is 2. The van der Waals surface area contributed by atoms with E-state index in [0.29, 0.717) is 21.7 Å². The summed E-state index contributed by atoms with van der Waals surface area (Å²) in [5, 5.41) is 0.933. The maximum atomic E-state index is 6.18. The molecule has 0 bridgehead atoms. The summed E-state index contributed by atoms with van der Waals surface area (Å²) in [7, 11) is 1.72. The molecular formula is C11H16Cl2N4O. The van der Waals surface area contributed by atoms with Crippen molar-refractivity contribution in [1.29, 1.82) is 0 Å². The Kier molecular flexibility index (Phi) is 4.50. The van der Waals surface area contributed by atoms with Gasteiger partial charge in [0.1, 0.15) is 5.82 Å². The maximum Gasteiger partial charge on any atom is 0.161 e. The lowest BCUT2D eigenvalue weighted by Crippen LogP contribution is -2.40. The number of methoxy groups -OCH3 is 1. The van der Waals surface area contributed by atoms with Crippen molar-refractivity contribution >= 4 is 34.8 Å². The molecule has 1 aliphatic rings. The SMILES string of the molecule is COC1CCCN(c2nc(NN)c(Cl)cc2Cl)C1. The van der Waals surface area contributed by atoms with Crippen LogP contribution in [0.3, 0.4) is 0 Å². The Balaban J connectivity index is 2.26. The van der Waals surface area contributed by atoms with Gasteiger partial charge in [0.05, 0.1) is 16.1 Å². The summed E-state index contributed by atoms with van der Waals surface area (Å²) < 4.78 is 5.38. The molecule has 2 rings (SSSR count). The molecule has 1 fully saturated rings. The predicted octanol–water partition coefficient (Wildman–Crippen LogP) is 2.29. The summed E-state index contributed by atoms with van der Waals surface area (Å²) in [6.07, 6.45) is 2.31. The van der Waals surface area contributed by atoms with Crippen LogP contribution in [0, 0.1) is 0 Å². The highest BCUT2D eigenvalue weighted by Crippen LogP contribution is 2.32. The van der Waals surface area contributed by atoms with E-state index in [1.165, 1.54) is 0 Å². The van der Waals surface area contributed by atoms with Gasteiger partial charge in [-0.15, -0.1) is 0 Å². The number of pyridine rings is 1. The molecule has 5 nitrogen and oxygen atoms in total. The van der Waals surface area contributed by atoms with Gasteiger partial charge in [0, 0.05) is 20.2 Å². The smallest absolute Gasteiger partial charge is 0.161 e. The average molecular weight is 291 g/mol. The Morgan fingerprint density at radius 2 is 2.28 bits per heavy atom. The molecule has 100 valence electrons. The van der Waals surface area contributed by atoms with Gasteiger partial charge in [-0.1, -0.05) is 23.2 Å². The number of nitrogen functional groups attached to an aromatic ring is 1. The van der Waals surface area contributed by atoms with Gasteiger partial charge in [0.15, 0.2) is 5.82 Å². The number of piperidine rings is 1. The number of aromatic nitrogens is 1. The third-order valence-electron chi connectivity index (χ3n) is 3.06. The lowest BCUT2D eigenvalue weighted by molar-refractivity contribution is 0.0891. The molecule has 0 amide bonds. The molecule has 1 aliphatic heterocycles. The van der Waals surface area contributed by atoms with Crippen molar-refractivity contribution in [2.24, 2.45) is 5.84 Å². The molecule has 7 heteroatoms. The molecule has 1 aromatic heterocycles. The fraction of sp³-hybridized carbons (Fsp3) is 0.545. The van der Waals surface area contributed by atoms with Gasteiger partial charge in [-0.2, -0.15) is 0 Å². The number of nitrogens with two attached hydrogens (primary N) is 1. The second kappa shape index (κ2) is 5.93. The third-order valence-corrected chi connectivity index (χ3v) is 3.62. The number of ether oxygens (including phenoxy) is 1. The number of hydrogen-bond donors (Lipinski definition) is 2. The Morgan fingerprint density at radius 3 is 2.94 bits per heavy atom. The Bertz CT molecular complexity index is 430. The molecule has 1 unspecified atom stereocenters. The van der Waals surface area contributed by atoms with Gasteiger partial charge >= 0.3 is 0 Å². The number of anilines is 2. The zero-order chi connectivity index (χ0) is 13.1. The van der Waals surface area contributed by atoms with Gasteiger partial charge in [0.2, 0.25) is 0 Å². The fourth-order valence-corrected chi connectivity index (χ4v) is 2.64. The lowest BCUT2D eigenvalue weighted by atomic mass is 10.1. The Morgan fingerprint density at radius 1 is 1.50 bits per heavy atom. The second-order valence-electron chi connectivity index (χ2n) is 4.21. The summed E-state index contributed by atoms with van der Waals surface area (Å²) in [4.78, 5) is 6.45. The summed E-state index contributed by atoms with van der Waals surface area (Å²) in [5.74, 6) is 6.49. The van der Waals surface area contributed by atoms with Gasteiger partial charge in [-0.05, 0) is 18.9 Å². The maximum absolute atomic E-state index is 6.18. The number of nitrogens with zero attached hydrogens (tertiary/aromatic N) is 2. The zero-order valence-corrected chi connectivity index (χ0v) is 11.6. The van der Waals surface area contributed by atoms with Crippen molar-refractivity contribution < 1.29 is 4.74 Å². The number of hydrogen-bond acceptors (Lipinski definition) is 5. The highest BCUT2D eigenvalue weighted by atomic mass is 35.5. The zero-order valence-electron chi connectivity index (χ0n) is 10.1. The number of hydrazine groups is 1. The van der Waals surface area contributed by atoms with Gasteiger partial charge in [-0.3, -0.25) is 0 Å². The van der Waals surface area contributed by atoms with Gasteiger partial charge < -0.3 is 15.1 Å². The lowest BCUT2D eigenvalue weighted by Gasteiger charge is -2.33. The van der Waals surface area contributed by atoms with E-state index < -0.39 is 0 Å². The molecule has 3 N–H and O–H groups in total. The van der Waals surface area contributed by atoms with E-state index >= 15 is 0 Å². The highest BCUT2D eigenvalue weighted by Gasteiger charge is 2.23. The van der Waals surface area contributed by atoms with Crippen LogP contribution in [0.25, 0.3) is 0 Å². The minimum Gasteiger partial charge on any atom is -0.380 e. The molecule has 0 aromatic carbocycles. The van der Waals surface area contributed by atoms with E-state index in [4.69, 9.17) is 33.8 Å². The first-order valence-corrected chi connectivity index (χ1v) is 6.51. The van der Waals surface area contributed by atoms with E-state index in [1.807, 2.05) is 0 Å². The van der Waals surface area contributed by atoms with Gasteiger partial charge in [0.25, 0.3) is 0 Å². The molecule has 1 aromatic rings. The minimum atomic E-state index is 0.210. The standard InChI is InChI=1S/C11H16Cl2N4O/c1-18-7-3-2-4-17(6-7)11-9(13)5-8(12)10(15-11)16-14/h5,7H,2-4,6,14H2,1H3,(H,15,16). The summed E-state index contributed by atoms with van der Waals surface area (Å²) in [6.45, 7) is 1.67. The van der Waals surface area contributed by atoms with Crippen LogP contribution in [0.1, 0.15) is 12.8 Å². The van der Waals surface area contributed by atoms with Crippen LogP contribution in [0.2, 0.25) is 10.0 Å². The molecule has 0 radical (unpaired) electrons. The van der Waals surface area contributed by atoms with Crippen LogP contribution in [0.15, 0.2) is 6.07 Å². The topological polar surface area (TPSA) is 63.4 Å². The van der Waals surface area contributed by atoms with E-state index in [1.54, 1.807) is 13.2 Å². The molecule has 0 spiro atoms. The van der Waals surface area contributed by atoms with Crippen molar-refractivity contribution in [3.8, 4) is 0 Å². The predicted molar refractivity (Wildman–Crippen MR) is 74.3 cm³/mol. The third kappa shape index (κ3) is 2.80. The van der Waals surface area contributed by atoms with Crippen LogP contribution in [-0.2, 0) is 4.74 Å². The first kappa shape index (κ1) is 13.7. The molecule has 1 atom stereocenters. The number of rotatable bonds is 3. The minimum absolute atomic E-state index is 0.210. The Labute approximate surface area is 116 Å². The van der Waals surface area contributed by atoms with Crippen molar-refractivity contribution in [3.63, 3.8) is 0 Å². The normalized spacial score (nSPS) is 20.0. The summed E-state index contributed by atoms with van der Waals surface area (Å²) >= 11 is 12.1. The quantitative estimate of drug-likeness (QED) is 0.661. The molecule has 2 heterocycles. The highest BCUT2D eigenvalue weighted by molar-refractivity contribution is 6.37. The molecule has 0 aliphatic carbocycles. The van der Waals surface area contributed by atoms with Crippen LogP contribution in [0.5, 0.6) is 0 Å². The summed E-state index contributed by atoms with van der Waals surface area (Å²) in [6, 6.07) is 1.65. The van der Waals surface area contributed by atoms with Crippen LogP contribution in [-0.4, -0.2) is 31.3 Å². The second-order valence-corrected chi connectivity index (χ2v) is 5.03. The first-order chi connectivity index (χ1) is 8.65. The van der Waals surface area contributed by atoms with E-state index in [2.05, 4.69) is 15.3 Å². The van der Waals surface area contributed by atoms with Crippen LogP contribution >= 0.6 is 23.2 Å². The molecule has 18 heavy (non-hydrogen) atoms. The molecular weight excluding hydrogens is 275 g/mol. The van der Waals surface area contributed by atoms with Crippen LogP contribution < -0.4 is 16.2 Å².